The molecule has 11 nitrogen and oxygen atoms in total. The number of H-pyrrole nitrogens is 1. The zero-order chi connectivity index (χ0) is 32.2. The topological polar surface area (TPSA) is 143 Å². The first kappa shape index (κ1) is 36.2. The van der Waals surface area contributed by atoms with Crippen molar-refractivity contribution in [2.45, 2.75) is 92.3 Å². The number of aromatic nitrogens is 2. The van der Waals surface area contributed by atoms with Gasteiger partial charge in [-0.2, -0.15) is 0 Å². The third-order valence-corrected chi connectivity index (χ3v) is 11.2. The van der Waals surface area contributed by atoms with Crippen molar-refractivity contribution in [1.29, 1.82) is 0 Å². The van der Waals surface area contributed by atoms with Crippen LogP contribution >= 0.6 is 31.3 Å². The number of nitrogens with zero attached hydrogens (tertiary/aromatic N) is 1. The Morgan fingerprint density at radius 2 is 1.51 bits per heavy atom. The van der Waals surface area contributed by atoms with Gasteiger partial charge < -0.3 is 4.74 Å². The van der Waals surface area contributed by atoms with Gasteiger partial charge in [-0.25, -0.2) is 13.8 Å². The molecule has 5 atom stereocenters. The quantitative estimate of drug-likeness (QED) is 0.182. The largest absolute Gasteiger partial charge is 0.475 e. The van der Waals surface area contributed by atoms with Crippen LogP contribution in [0.15, 0.2) is 21.9 Å². The number of ether oxygens (including phenoxy) is 1. The average molecular weight is 667 g/mol. The van der Waals surface area contributed by atoms with E-state index in [4.69, 9.17) is 18.3 Å². The number of hydrogen-bond acceptors (Lipinski definition) is 11. The Morgan fingerprint density at radius 1 is 1.00 bits per heavy atom. The Balaban J connectivity index is 1.56. The van der Waals surface area contributed by atoms with E-state index in [9.17, 15) is 23.7 Å². The molecule has 15 heteroatoms. The summed E-state index contributed by atoms with van der Waals surface area (Å²) in [6, 6.07) is 1.14. The Morgan fingerprint density at radius 3 is 1.93 bits per heavy atom. The monoisotopic (exact) mass is 666 g/mol. The van der Waals surface area contributed by atoms with E-state index in [-0.39, 0.29) is 23.4 Å². The number of unbranched alkanes of at least 4 members (excludes halogenated alkanes) is 2. The number of phosphoric acid groups is 1. The fourth-order valence-electron chi connectivity index (χ4n) is 4.41. The van der Waals surface area contributed by atoms with E-state index in [2.05, 4.69) is 4.98 Å². The molecular formula is C28H44FN2O9PS2. The van der Waals surface area contributed by atoms with Crippen LogP contribution in [0.2, 0.25) is 0 Å². The number of alkyl halides is 1. The molecular weight excluding hydrogens is 622 g/mol. The Bertz CT molecular complexity index is 1270. The highest BCUT2D eigenvalue weighted by atomic mass is 32.2. The minimum atomic E-state index is -4.22. The molecule has 2 fully saturated rings. The van der Waals surface area contributed by atoms with Gasteiger partial charge in [0, 0.05) is 40.5 Å². The molecule has 0 spiro atoms. The summed E-state index contributed by atoms with van der Waals surface area (Å²) in [7, 11) is -4.22. The summed E-state index contributed by atoms with van der Waals surface area (Å²) in [5, 5.41) is 0.163. The molecule has 2 aliphatic rings. The lowest BCUT2D eigenvalue weighted by Crippen LogP contribution is -2.35. The molecule has 1 saturated heterocycles. The zero-order valence-electron chi connectivity index (χ0n) is 25.9. The van der Waals surface area contributed by atoms with Crippen molar-refractivity contribution >= 4 is 41.6 Å². The van der Waals surface area contributed by atoms with Crippen molar-refractivity contribution in [2.75, 3.05) is 24.7 Å². The molecule has 244 valence electrons. The Kier molecular flexibility index (Phi) is 12.1. The van der Waals surface area contributed by atoms with Crippen molar-refractivity contribution in [3.05, 3.63) is 33.1 Å². The predicted octanol–water partition coefficient (Wildman–Crippen LogP) is 5.70. The first-order valence-electron chi connectivity index (χ1n) is 14.5. The number of fused-ring (bicyclic) bond motifs is 1. The zero-order valence-corrected chi connectivity index (χ0v) is 28.4. The maximum Gasteiger partial charge on any atom is 0.475 e. The van der Waals surface area contributed by atoms with Crippen LogP contribution in [-0.4, -0.2) is 56.5 Å². The molecule has 2 heterocycles. The number of thioether (sulfide) groups is 2. The fourth-order valence-corrected chi connectivity index (χ4v) is 7.80. The van der Waals surface area contributed by atoms with E-state index in [1.54, 1.807) is 6.92 Å². The third kappa shape index (κ3) is 9.61. The number of aromatic amines is 1. The minimum Gasteiger partial charge on any atom is -0.319 e. The average Bonchev–Trinajstić information content (AvgIpc) is 3.34. The molecule has 1 aromatic rings. The second-order valence-corrected chi connectivity index (χ2v) is 16.7. The number of phosphoric ester groups is 1. The fraction of sp³-hybridized carbons (Fsp3) is 0.786. The van der Waals surface area contributed by atoms with Gasteiger partial charge in [0.25, 0.3) is 5.56 Å². The molecule has 3 rings (SSSR count). The van der Waals surface area contributed by atoms with Gasteiger partial charge in [-0.15, -0.1) is 0 Å². The van der Waals surface area contributed by atoms with Gasteiger partial charge in [0.05, 0.1) is 19.1 Å². The van der Waals surface area contributed by atoms with Gasteiger partial charge >= 0.3 is 13.5 Å². The van der Waals surface area contributed by atoms with Crippen LogP contribution < -0.4 is 11.2 Å². The van der Waals surface area contributed by atoms with E-state index >= 15 is 4.39 Å². The van der Waals surface area contributed by atoms with Gasteiger partial charge in [-0.05, 0) is 25.7 Å². The van der Waals surface area contributed by atoms with Crippen LogP contribution in [0.3, 0.4) is 0 Å². The molecule has 1 aliphatic heterocycles. The van der Waals surface area contributed by atoms with Gasteiger partial charge in [-0.1, -0.05) is 72.0 Å². The molecule has 1 aliphatic carbocycles. The molecule has 0 aromatic carbocycles. The van der Waals surface area contributed by atoms with Crippen LogP contribution in [0.25, 0.3) is 0 Å². The van der Waals surface area contributed by atoms with Gasteiger partial charge in [0.1, 0.15) is 12.3 Å². The summed E-state index contributed by atoms with van der Waals surface area (Å²) in [4.78, 5) is 50.0. The van der Waals surface area contributed by atoms with Crippen LogP contribution in [-0.2, 0) is 32.5 Å². The van der Waals surface area contributed by atoms with Crippen LogP contribution in [0.4, 0.5) is 4.39 Å². The molecule has 1 N–H and O–H groups in total. The smallest absolute Gasteiger partial charge is 0.319 e. The lowest BCUT2D eigenvalue weighted by atomic mass is 9.99. The molecule has 43 heavy (non-hydrogen) atoms. The van der Waals surface area contributed by atoms with E-state index < -0.39 is 59.9 Å². The van der Waals surface area contributed by atoms with Gasteiger partial charge in [0.2, 0.25) is 5.85 Å². The van der Waals surface area contributed by atoms with Crippen molar-refractivity contribution in [3.8, 4) is 0 Å². The number of halogens is 1. The number of nitrogens with one attached hydrogen (secondary N) is 1. The normalized spacial score (nSPS) is 25.5. The summed E-state index contributed by atoms with van der Waals surface area (Å²) in [6.07, 6.45) is 1.23. The maximum atomic E-state index is 15.8. The highest BCUT2D eigenvalue weighted by Gasteiger charge is 2.79. The molecule has 1 aromatic heterocycles. The van der Waals surface area contributed by atoms with E-state index in [0.717, 1.165) is 10.6 Å². The highest BCUT2D eigenvalue weighted by molar-refractivity contribution is 8.14. The Labute approximate surface area is 260 Å². The summed E-state index contributed by atoms with van der Waals surface area (Å²) in [5.41, 5.74) is -2.19. The lowest BCUT2D eigenvalue weighted by Gasteiger charge is -2.24. The summed E-state index contributed by atoms with van der Waals surface area (Å²) in [5.74, 6) is -2.55. The second kappa shape index (κ2) is 14.4. The van der Waals surface area contributed by atoms with Crippen molar-refractivity contribution in [3.63, 3.8) is 0 Å². The highest BCUT2D eigenvalue weighted by Crippen LogP contribution is 2.69. The van der Waals surface area contributed by atoms with Crippen molar-refractivity contribution in [1.82, 2.24) is 9.55 Å². The van der Waals surface area contributed by atoms with E-state index in [0.29, 0.717) is 37.2 Å². The Hall–Kier alpha value is -1.28. The molecule has 0 amide bonds. The number of carbonyl (C=O) groups is 2. The molecule has 0 bridgehead atoms. The first-order valence-corrected chi connectivity index (χ1v) is 17.9. The summed E-state index contributed by atoms with van der Waals surface area (Å²) in [6.45, 7) is 12.8. The van der Waals surface area contributed by atoms with Crippen LogP contribution in [0.1, 0.15) is 80.4 Å². The number of rotatable bonds is 15. The lowest BCUT2D eigenvalue weighted by molar-refractivity contribution is -0.141. The maximum absolute atomic E-state index is 15.8. The van der Waals surface area contributed by atoms with Crippen LogP contribution in [0.5, 0.6) is 0 Å². The summed E-state index contributed by atoms with van der Waals surface area (Å²) >= 11 is 2.47. The standard InChI is InChI=1S/C28H44FN2O9PS2/c1-18-20-21(28(20,29)39-22(18)31-13-12-19(32)30-25(31)35)40-41(36,37-14-8-10-16-42-23(33)26(2,3)4)38-15-9-11-17-43-24(34)27(5,6)7/h12-13,18,20-22H,8-11,14-17H2,1-7H3,(H,30,32,35)/t18-,20?,21+,22+,28-/m0/s1. The van der Waals surface area contributed by atoms with Gasteiger partial charge in [0.15, 0.2) is 10.2 Å². The van der Waals surface area contributed by atoms with Crippen molar-refractivity contribution in [2.24, 2.45) is 22.7 Å². The molecule has 1 saturated carbocycles. The molecule has 0 radical (unpaired) electrons. The predicted molar refractivity (Wildman–Crippen MR) is 165 cm³/mol. The first-order chi connectivity index (χ1) is 19.9. The summed E-state index contributed by atoms with van der Waals surface area (Å²) < 4.78 is 52.9. The SMILES string of the molecule is C[C@H]1C2[C@@H](OP(=O)(OCCCCSC(=O)C(C)(C)C)OCCCCSC(=O)C(C)(C)C)[C@@]2(F)O[C@H]1n1ccc(=O)[nH]c1=O. The van der Waals surface area contributed by atoms with Gasteiger partial charge in [-0.3, -0.25) is 37.5 Å². The van der Waals surface area contributed by atoms with E-state index in [1.165, 1.54) is 29.7 Å². The minimum absolute atomic E-state index is 0.0139. The van der Waals surface area contributed by atoms with Crippen LogP contribution in [0, 0.1) is 22.7 Å². The van der Waals surface area contributed by atoms with E-state index in [1.807, 2.05) is 41.5 Å². The second-order valence-electron chi connectivity index (χ2n) is 12.9. The number of hydrogen-bond donors (Lipinski definition) is 1. The number of carbonyl (C=O) groups excluding carboxylic acids is 2. The van der Waals surface area contributed by atoms with Crippen molar-refractivity contribution < 1.29 is 36.9 Å². The molecule has 1 unspecified atom stereocenters. The third-order valence-electron chi connectivity index (χ3n) is 7.01.